The molecule has 0 atom stereocenters. The number of amides is 1. The highest BCUT2D eigenvalue weighted by Crippen LogP contribution is 2.25. The lowest BCUT2D eigenvalue weighted by Gasteiger charge is -2.13. The van der Waals surface area contributed by atoms with E-state index in [1.165, 1.54) is 18.3 Å². The predicted molar refractivity (Wildman–Crippen MR) is 88.3 cm³/mol. The topological polar surface area (TPSA) is 50.7 Å². The average molecular weight is 314 g/mol. The Morgan fingerprint density at radius 1 is 1.13 bits per heavy atom. The van der Waals surface area contributed by atoms with E-state index in [1.54, 1.807) is 12.1 Å². The summed E-state index contributed by atoms with van der Waals surface area (Å²) in [6.07, 6.45) is 1.44. The third-order valence-electron chi connectivity index (χ3n) is 3.49. The van der Waals surface area contributed by atoms with Crippen molar-refractivity contribution in [1.29, 1.82) is 0 Å². The highest BCUT2D eigenvalue weighted by atomic mass is 19.1. The summed E-state index contributed by atoms with van der Waals surface area (Å²) < 4.78 is 18.4. The Morgan fingerprint density at radius 2 is 1.78 bits per heavy atom. The zero-order chi connectivity index (χ0) is 16.8. The first-order valence-electron chi connectivity index (χ1n) is 7.24. The maximum atomic E-state index is 12.8. The van der Waals surface area contributed by atoms with Gasteiger partial charge in [0.05, 0.1) is 6.21 Å². The second-order valence-electron chi connectivity index (χ2n) is 5.29. The molecule has 0 heterocycles. The fraction of sp³-hybridized carbons (Fsp3) is 0.222. The third-order valence-corrected chi connectivity index (χ3v) is 3.49. The molecule has 2 aromatic carbocycles. The van der Waals surface area contributed by atoms with Gasteiger partial charge in [-0.1, -0.05) is 24.3 Å². The number of hydrogen-bond acceptors (Lipinski definition) is 3. The van der Waals surface area contributed by atoms with E-state index in [-0.39, 0.29) is 18.3 Å². The van der Waals surface area contributed by atoms with Crippen molar-refractivity contribution in [2.24, 2.45) is 5.10 Å². The molecule has 0 radical (unpaired) electrons. The first-order chi connectivity index (χ1) is 11.0. The van der Waals surface area contributed by atoms with Crippen LogP contribution in [-0.4, -0.2) is 18.7 Å². The summed E-state index contributed by atoms with van der Waals surface area (Å²) in [5.74, 6) is 0.0508. The summed E-state index contributed by atoms with van der Waals surface area (Å²) in [5, 5.41) is 3.82. The molecule has 0 unspecified atom stereocenters. The van der Waals surface area contributed by atoms with Crippen molar-refractivity contribution in [3.05, 3.63) is 64.5 Å². The second-order valence-corrected chi connectivity index (χ2v) is 5.29. The molecule has 0 saturated carbocycles. The first kappa shape index (κ1) is 16.7. The van der Waals surface area contributed by atoms with Crippen molar-refractivity contribution >= 4 is 12.1 Å². The quantitative estimate of drug-likeness (QED) is 0.680. The molecule has 0 spiro atoms. The first-order valence-corrected chi connectivity index (χ1v) is 7.24. The SMILES string of the molecule is Cc1ccc(C)c(OCC(=O)N/N=C/c2ccc(F)cc2)c1C. The molecule has 0 bridgehead atoms. The fourth-order valence-corrected chi connectivity index (χ4v) is 2.05. The van der Waals surface area contributed by atoms with Gasteiger partial charge in [-0.15, -0.1) is 0 Å². The molecular weight excluding hydrogens is 295 g/mol. The molecule has 23 heavy (non-hydrogen) atoms. The van der Waals surface area contributed by atoms with Gasteiger partial charge in [-0.2, -0.15) is 5.10 Å². The number of ether oxygens (including phenoxy) is 1. The molecule has 2 rings (SSSR count). The Kier molecular flexibility index (Phi) is 5.46. The van der Waals surface area contributed by atoms with Gasteiger partial charge in [0, 0.05) is 0 Å². The highest BCUT2D eigenvalue weighted by Gasteiger charge is 2.08. The van der Waals surface area contributed by atoms with Crippen LogP contribution in [0.25, 0.3) is 0 Å². The van der Waals surface area contributed by atoms with Crippen LogP contribution in [0.5, 0.6) is 5.75 Å². The Labute approximate surface area is 135 Å². The molecule has 0 aliphatic carbocycles. The number of hydrazone groups is 1. The van der Waals surface area contributed by atoms with Gasteiger partial charge in [-0.3, -0.25) is 4.79 Å². The Morgan fingerprint density at radius 3 is 2.48 bits per heavy atom. The lowest BCUT2D eigenvalue weighted by Crippen LogP contribution is -2.25. The molecule has 0 aliphatic heterocycles. The minimum atomic E-state index is -0.358. The Balaban J connectivity index is 1.88. The lowest BCUT2D eigenvalue weighted by molar-refractivity contribution is -0.123. The molecule has 5 heteroatoms. The average Bonchev–Trinajstić information content (AvgIpc) is 2.53. The van der Waals surface area contributed by atoms with Crippen molar-refractivity contribution in [1.82, 2.24) is 5.43 Å². The van der Waals surface area contributed by atoms with E-state index in [1.807, 2.05) is 32.9 Å². The molecule has 0 saturated heterocycles. The van der Waals surface area contributed by atoms with Crippen LogP contribution in [0.15, 0.2) is 41.5 Å². The van der Waals surface area contributed by atoms with Crippen LogP contribution in [0.2, 0.25) is 0 Å². The largest absolute Gasteiger partial charge is 0.483 e. The minimum Gasteiger partial charge on any atom is -0.483 e. The van der Waals surface area contributed by atoms with Crippen LogP contribution in [-0.2, 0) is 4.79 Å². The molecule has 0 fully saturated rings. The van der Waals surface area contributed by atoms with E-state index in [4.69, 9.17) is 4.74 Å². The van der Waals surface area contributed by atoms with Crippen molar-refractivity contribution < 1.29 is 13.9 Å². The monoisotopic (exact) mass is 314 g/mol. The highest BCUT2D eigenvalue weighted by molar-refractivity contribution is 5.82. The normalized spacial score (nSPS) is 10.8. The van der Waals surface area contributed by atoms with Gasteiger partial charge in [0.25, 0.3) is 5.91 Å². The van der Waals surface area contributed by atoms with Gasteiger partial charge in [-0.05, 0) is 55.2 Å². The molecule has 0 aromatic heterocycles. The molecule has 2 aromatic rings. The van der Waals surface area contributed by atoms with Crippen LogP contribution < -0.4 is 10.2 Å². The number of carbonyl (C=O) groups is 1. The van der Waals surface area contributed by atoms with Gasteiger partial charge in [0.2, 0.25) is 0 Å². The summed E-state index contributed by atoms with van der Waals surface area (Å²) in [4.78, 5) is 11.8. The van der Waals surface area contributed by atoms with Crippen molar-refractivity contribution in [3.63, 3.8) is 0 Å². The number of rotatable bonds is 5. The summed E-state index contributed by atoms with van der Waals surface area (Å²) >= 11 is 0. The summed E-state index contributed by atoms with van der Waals surface area (Å²) in [6.45, 7) is 5.77. The number of aryl methyl sites for hydroxylation is 2. The smallest absolute Gasteiger partial charge is 0.277 e. The van der Waals surface area contributed by atoms with Crippen molar-refractivity contribution in [2.45, 2.75) is 20.8 Å². The van der Waals surface area contributed by atoms with E-state index in [0.717, 1.165) is 22.4 Å². The lowest BCUT2D eigenvalue weighted by atomic mass is 10.1. The molecule has 1 N–H and O–H groups in total. The number of carbonyl (C=O) groups excluding carboxylic acids is 1. The van der Waals surface area contributed by atoms with Gasteiger partial charge in [-0.25, -0.2) is 9.82 Å². The van der Waals surface area contributed by atoms with Crippen molar-refractivity contribution in [2.75, 3.05) is 6.61 Å². The maximum absolute atomic E-state index is 12.8. The zero-order valence-electron chi connectivity index (χ0n) is 13.4. The maximum Gasteiger partial charge on any atom is 0.277 e. The van der Waals surface area contributed by atoms with E-state index in [9.17, 15) is 9.18 Å². The van der Waals surface area contributed by atoms with Gasteiger partial charge < -0.3 is 4.74 Å². The summed E-state index contributed by atoms with van der Waals surface area (Å²) in [7, 11) is 0. The van der Waals surface area contributed by atoms with Crippen LogP contribution in [0.1, 0.15) is 22.3 Å². The second kappa shape index (κ2) is 7.54. The molecule has 4 nitrogen and oxygen atoms in total. The summed E-state index contributed by atoms with van der Waals surface area (Å²) in [5.41, 5.74) is 6.19. The van der Waals surface area contributed by atoms with E-state index < -0.39 is 0 Å². The molecule has 120 valence electrons. The number of hydrogen-bond donors (Lipinski definition) is 1. The molecular formula is C18H19FN2O2. The number of nitrogens with one attached hydrogen (secondary N) is 1. The van der Waals surface area contributed by atoms with Gasteiger partial charge >= 0.3 is 0 Å². The zero-order valence-corrected chi connectivity index (χ0v) is 13.4. The Hall–Kier alpha value is -2.69. The molecule has 1 amide bonds. The fourth-order valence-electron chi connectivity index (χ4n) is 2.05. The Bertz CT molecular complexity index is 725. The van der Waals surface area contributed by atoms with Crippen molar-refractivity contribution in [3.8, 4) is 5.75 Å². The van der Waals surface area contributed by atoms with E-state index in [0.29, 0.717) is 5.56 Å². The number of halogens is 1. The third kappa shape index (κ3) is 4.64. The molecule has 0 aliphatic rings. The van der Waals surface area contributed by atoms with E-state index in [2.05, 4.69) is 10.5 Å². The van der Waals surface area contributed by atoms with Crippen LogP contribution in [0, 0.1) is 26.6 Å². The standard InChI is InChI=1S/C18H19FN2O2/c1-12-4-5-13(2)18(14(12)3)23-11-17(22)21-20-10-15-6-8-16(19)9-7-15/h4-10H,11H2,1-3H3,(H,21,22)/b20-10+. The van der Waals surface area contributed by atoms with Crippen LogP contribution in [0.3, 0.4) is 0 Å². The van der Waals surface area contributed by atoms with Gasteiger partial charge in [0.15, 0.2) is 6.61 Å². The van der Waals surface area contributed by atoms with Crippen LogP contribution in [0.4, 0.5) is 4.39 Å². The van der Waals surface area contributed by atoms with Crippen LogP contribution >= 0.6 is 0 Å². The number of nitrogens with zero attached hydrogens (tertiary/aromatic N) is 1. The van der Waals surface area contributed by atoms with E-state index >= 15 is 0 Å². The summed E-state index contributed by atoms with van der Waals surface area (Å²) in [6, 6.07) is 9.78. The van der Waals surface area contributed by atoms with Gasteiger partial charge in [0.1, 0.15) is 11.6 Å². The minimum absolute atomic E-state index is 0.119. The number of benzene rings is 2. The predicted octanol–water partition coefficient (Wildman–Crippen LogP) is 3.28.